The fraction of sp³-hybridized carbons (Fsp3) is 0.308. The maximum absolute atomic E-state index is 12.2. The first-order valence-electron chi connectivity index (χ1n) is 5.47. The Morgan fingerprint density at radius 2 is 2.33 bits per heavy atom. The minimum atomic E-state index is -0.239. The summed E-state index contributed by atoms with van der Waals surface area (Å²) in [6.07, 6.45) is 1.64. The Kier molecular flexibility index (Phi) is 5.88. The van der Waals surface area contributed by atoms with Gasteiger partial charge in [0.1, 0.15) is 5.75 Å². The van der Waals surface area contributed by atoms with E-state index in [1.165, 1.54) is 6.07 Å². The van der Waals surface area contributed by atoms with Gasteiger partial charge < -0.3 is 14.7 Å². The highest BCUT2D eigenvalue weighted by Crippen LogP contribution is 2.23. The molecule has 1 N–H and O–H groups in total. The van der Waals surface area contributed by atoms with E-state index >= 15 is 0 Å². The predicted molar refractivity (Wildman–Crippen MR) is 73.8 cm³/mol. The van der Waals surface area contributed by atoms with Crippen molar-refractivity contribution in [3.63, 3.8) is 0 Å². The van der Waals surface area contributed by atoms with Crippen LogP contribution in [0.2, 0.25) is 0 Å². The summed E-state index contributed by atoms with van der Waals surface area (Å²) in [5, 5.41) is 9.77. The second-order valence-corrected chi connectivity index (χ2v) is 4.61. The zero-order valence-electron chi connectivity index (χ0n) is 10.2. The van der Waals surface area contributed by atoms with Crippen molar-refractivity contribution in [1.29, 1.82) is 0 Å². The normalized spacial score (nSPS) is 10.1. The lowest BCUT2D eigenvalue weighted by Crippen LogP contribution is -2.34. The van der Waals surface area contributed by atoms with Crippen molar-refractivity contribution in [3.05, 3.63) is 40.9 Å². The zero-order valence-corrected chi connectivity index (χ0v) is 11.8. The Balaban J connectivity index is 2.90. The highest BCUT2D eigenvalue weighted by Gasteiger charge is 2.17. The molecular weight excluding hydrogens is 298 g/mol. The lowest BCUT2D eigenvalue weighted by atomic mass is 10.1. The van der Waals surface area contributed by atoms with Gasteiger partial charge in [-0.3, -0.25) is 4.79 Å². The highest BCUT2D eigenvalue weighted by atomic mass is 79.9. The van der Waals surface area contributed by atoms with Crippen LogP contribution in [0.1, 0.15) is 10.4 Å². The summed E-state index contributed by atoms with van der Waals surface area (Å²) in [6.45, 7) is 4.93. The smallest absolute Gasteiger partial charge is 0.257 e. The van der Waals surface area contributed by atoms with Gasteiger partial charge >= 0.3 is 0 Å². The van der Waals surface area contributed by atoms with Crippen LogP contribution in [0.3, 0.4) is 0 Å². The fourth-order valence-electron chi connectivity index (χ4n) is 1.49. The SMILES string of the molecule is C=CCN(CCOC)C(=O)c1ccc(Br)cc1O. The third kappa shape index (κ3) is 3.85. The predicted octanol–water partition coefficient (Wildman–Crippen LogP) is 2.43. The van der Waals surface area contributed by atoms with Crippen molar-refractivity contribution >= 4 is 21.8 Å². The van der Waals surface area contributed by atoms with Gasteiger partial charge in [0.2, 0.25) is 0 Å². The van der Waals surface area contributed by atoms with Crippen LogP contribution in [-0.2, 0) is 4.74 Å². The van der Waals surface area contributed by atoms with E-state index in [4.69, 9.17) is 4.74 Å². The molecule has 0 heterocycles. The number of phenolic OH excluding ortho intramolecular Hbond substituents is 1. The zero-order chi connectivity index (χ0) is 13.5. The number of hydrogen-bond donors (Lipinski definition) is 1. The van der Waals surface area contributed by atoms with Crippen LogP contribution in [0.25, 0.3) is 0 Å². The minimum Gasteiger partial charge on any atom is -0.507 e. The molecule has 1 amide bonds. The average Bonchev–Trinajstić information content (AvgIpc) is 2.33. The second-order valence-electron chi connectivity index (χ2n) is 3.69. The fourth-order valence-corrected chi connectivity index (χ4v) is 1.84. The molecule has 0 saturated carbocycles. The van der Waals surface area contributed by atoms with Crippen LogP contribution >= 0.6 is 15.9 Å². The molecule has 0 saturated heterocycles. The minimum absolute atomic E-state index is 0.0409. The number of rotatable bonds is 6. The summed E-state index contributed by atoms with van der Waals surface area (Å²) >= 11 is 3.23. The molecule has 1 aromatic carbocycles. The first-order valence-corrected chi connectivity index (χ1v) is 6.27. The van der Waals surface area contributed by atoms with E-state index < -0.39 is 0 Å². The molecule has 0 spiro atoms. The van der Waals surface area contributed by atoms with E-state index in [2.05, 4.69) is 22.5 Å². The largest absolute Gasteiger partial charge is 0.507 e. The second kappa shape index (κ2) is 7.18. The van der Waals surface area contributed by atoms with Gasteiger partial charge in [-0.25, -0.2) is 0 Å². The summed E-state index contributed by atoms with van der Waals surface area (Å²) in [5.41, 5.74) is 0.274. The van der Waals surface area contributed by atoms with Crippen LogP contribution in [-0.4, -0.2) is 42.7 Å². The number of methoxy groups -OCH3 is 1. The van der Waals surface area contributed by atoms with Gasteiger partial charge in [0.15, 0.2) is 0 Å². The molecule has 0 atom stereocenters. The molecule has 1 aromatic rings. The van der Waals surface area contributed by atoms with Crippen LogP contribution in [0.4, 0.5) is 0 Å². The number of carbonyl (C=O) groups excluding carboxylic acids is 1. The number of hydrogen-bond acceptors (Lipinski definition) is 3. The molecule has 0 aliphatic rings. The number of aromatic hydroxyl groups is 1. The van der Waals surface area contributed by atoms with Gasteiger partial charge in [-0.1, -0.05) is 22.0 Å². The highest BCUT2D eigenvalue weighted by molar-refractivity contribution is 9.10. The molecular formula is C13H16BrNO3. The van der Waals surface area contributed by atoms with Gasteiger partial charge in [-0.15, -0.1) is 6.58 Å². The van der Waals surface area contributed by atoms with Crippen LogP contribution in [0.5, 0.6) is 5.75 Å². The lowest BCUT2D eigenvalue weighted by molar-refractivity contribution is 0.0715. The number of ether oxygens (including phenoxy) is 1. The first-order chi connectivity index (χ1) is 8.60. The van der Waals surface area contributed by atoms with Crippen molar-refractivity contribution in [2.75, 3.05) is 26.8 Å². The molecule has 18 heavy (non-hydrogen) atoms. The van der Waals surface area contributed by atoms with Gasteiger partial charge in [0.25, 0.3) is 5.91 Å². The van der Waals surface area contributed by atoms with Crippen molar-refractivity contribution in [2.24, 2.45) is 0 Å². The Hall–Kier alpha value is -1.33. The van der Waals surface area contributed by atoms with Crippen molar-refractivity contribution in [1.82, 2.24) is 4.90 Å². The Bertz CT molecular complexity index is 434. The van der Waals surface area contributed by atoms with E-state index in [1.54, 1.807) is 30.2 Å². The third-order valence-corrected chi connectivity index (χ3v) is 2.89. The van der Waals surface area contributed by atoms with Gasteiger partial charge in [0, 0.05) is 24.7 Å². The molecule has 0 radical (unpaired) electrons. The Morgan fingerprint density at radius 3 is 2.89 bits per heavy atom. The molecule has 98 valence electrons. The topological polar surface area (TPSA) is 49.8 Å². The van der Waals surface area contributed by atoms with Gasteiger partial charge in [-0.05, 0) is 18.2 Å². The van der Waals surface area contributed by atoms with Crippen LogP contribution in [0, 0.1) is 0 Å². The number of carbonyl (C=O) groups is 1. The molecule has 1 rings (SSSR count). The van der Waals surface area contributed by atoms with E-state index in [0.717, 1.165) is 4.47 Å². The Labute approximate surface area is 115 Å². The summed E-state index contributed by atoms with van der Waals surface area (Å²) in [5.74, 6) is -0.280. The summed E-state index contributed by atoms with van der Waals surface area (Å²) < 4.78 is 5.68. The Morgan fingerprint density at radius 1 is 1.61 bits per heavy atom. The van der Waals surface area contributed by atoms with Crippen molar-refractivity contribution < 1.29 is 14.6 Å². The maximum Gasteiger partial charge on any atom is 0.257 e. The molecule has 4 nitrogen and oxygen atoms in total. The van der Waals surface area contributed by atoms with E-state index in [9.17, 15) is 9.90 Å². The molecule has 5 heteroatoms. The molecule has 0 bridgehead atoms. The van der Waals surface area contributed by atoms with Crippen molar-refractivity contribution in [2.45, 2.75) is 0 Å². The third-order valence-electron chi connectivity index (χ3n) is 2.39. The van der Waals surface area contributed by atoms with Crippen LogP contribution < -0.4 is 0 Å². The molecule has 0 aliphatic heterocycles. The number of halogens is 1. The number of nitrogens with zero attached hydrogens (tertiary/aromatic N) is 1. The molecule has 0 unspecified atom stereocenters. The van der Waals surface area contributed by atoms with E-state index in [0.29, 0.717) is 19.7 Å². The van der Waals surface area contributed by atoms with Crippen LogP contribution in [0.15, 0.2) is 35.3 Å². The van der Waals surface area contributed by atoms with E-state index in [-0.39, 0.29) is 17.2 Å². The summed E-state index contributed by atoms with van der Waals surface area (Å²) in [7, 11) is 1.58. The lowest BCUT2D eigenvalue weighted by Gasteiger charge is -2.21. The first kappa shape index (κ1) is 14.7. The standard InChI is InChI=1S/C13H16BrNO3/c1-3-6-15(7-8-18-2)13(17)11-5-4-10(14)9-12(11)16/h3-5,9,16H,1,6-8H2,2H3. The molecule has 0 aromatic heterocycles. The average molecular weight is 314 g/mol. The summed E-state index contributed by atoms with van der Waals surface area (Å²) in [6, 6.07) is 4.80. The van der Waals surface area contributed by atoms with Gasteiger partial charge in [-0.2, -0.15) is 0 Å². The number of amides is 1. The number of phenols is 1. The number of benzene rings is 1. The molecule has 0 fully saturated rings. The monoisotopic (exact) mass is 313 g/mol. The van der Waals surface area contributed by atoms with Gasteiger partial charge in [0.05, 0.1) is 12.2 Å². The molecule has 0 aliphatic carbocycles. The maximum atomic E-state index is 12.2. The quantitative estimate of drug-likeness (QED) is 0.821. The van der Waals surface area contributed by atoms with Crippen molar-refractivity contribution in [3.8, 4) is 5.75 Å². The summed E-state index contributed by atoms with van der Waals surface area (Å²) in [4.78, 5) is 13.8. The van der Waals surface area contributed by atoms with E-state index in [1.807, 2.05) is 0 Å².